The Bertz CT molecular complexity index is 545. The van der Waals surface area contributed by atoms with Gasteiger partial charge in [-0.3, -0.25) is 5.32 Å². The van der Waals surface area contributed by atoms with Crippen molar-refractivity contribution in [2.24, 2.45) is 5.92 Å². The van der Waals surface area contributed by atoms with Crippen LogP contribution < -0.4 is 10.1 Å². The summed E-state index contributed by atoms with van der Waals surface area (Å²) in [5.74, 6) is 1.36. The number of ether oxygens (including phenoxy) is 1. The van der Waals surface area contributed by atoms with Crippen molar-refractivity contribution < 1.29 is 4.74 Å². The van der Waals surface area contributed by atoms with Crippen LogP contribution in [0.25, 0.3) is 0 Å². The molecule has 3 heteroatoms. The second-order valence-corrected chi connectivity index (χ2v) is 6.36. The molecule has 0 aliphatic heterocycles. The molecular formula is C18H24N2O. The Balaban J connectivity index is 1.68. The maximum atomic E-state index is 9.65. The van der Waals surface area contributed by atoms with Gasteiger partial charge in [0, 0.05) is 0 Å². The molecule has 0 spiro atoms. The summed E-state index contributed by atoms with van der Waals surface area (Å²) in [5, 5.41) is 13.1. The van der Waals surface area contributed by atoms with E-state index in [-0.39, 0.29) is 0 Å². The Morgan fingerprint density at radius 3 is 2.86 bits per heavy atom. The van der Waals surface area contributed by atoms with Crippen LogP contribution in [0.5, 0.6) is 5.75 Å². The van der Waals surface area contributed by atoms with Crippen LogP contribution in [0.3, 0.4) is 0 Å². The van der Waals surface area contributed by atoms with Crippen molar-refractivity contribution in [3.8, 4) is 11.8 Å². The van der Waals surface area contributed by atoms with Gasteiger partial charge < -0.3 is 4.74 Å². The van der Waals surface area contributed by atoms with Crippen molar-refractivity contribution in [3.63, 3.8) is 0 Å². The Hall–Kier alpha value is -1.53. The first-order valence-electron chi connectivity index (χ1n) is 8.18. The van der Waals surface area contributed by atoms with E-state index in [4.69, 9.17) is 4.74 Å². The molecule has 0 amide bonds. The monoisotopic (exact) mass is 284 g/mol. The molecule has 1 saturated carbocycles. The van der Waals surface area contributed by atoms with Crippen molar-refractivity contribution in [2.75, 3.05) is 13.2 Å². The lowest BCUT2D eigenvalue weighted by molar-refractivity contribution is 0.202. The highest BCUT2D eigenvalue weighted by Crippen LogP contribution is 2.40. The second-order valence-electron chi connectivity index (χ2n) is 6.36. The molecule has 3 nitrogen and oxygen atoms in total. The summed E-state index contributed by atoms with van der Waals surface area (Å²) < 4.78 is 6.00. The predicted octanol–water partition coefficient (Wildman–Crippen LogP) is 3.23. The molecule has 1 aromatic rings. The number of nitrogens with one attached hydrogen (secondary N) is 1. The van der Waals surface area contributed by atoms with Gasteiger partial charge in [0.05, 0.1) is 6.07 Å². The van der Waals surface area contributed by atoms with Gasteiger partial charge >= 0.3 is 0 Å². The van der Waals surface area contributed by atoms with Gasteiger partial charge in [0.15, 0.2) is 0 Å². The zero-order chi connectivity index (χ0) is 14.7. The summed E-state index contributed by atoms with van der Waals surface area (Å²) >= 11 is 0. The average molecular weight is 284 g/mol. The maximum absolute atomic E-state index is 9.65. The van der Waals surface area contributed by atoms with Gasteiger partial charge in [0.1, 0.15) is 17.9 Å². The number of hydrogen-bond acceptors (Lipinski definition) is 3. The Morgan fingerprint density at radius 1 is 1.33 bits per heavy atom. The predicted molar refractivity (Wildman–Crippen MR) is 83.3 cm³/mol. The average Bonchev–Trinajstić information content (AvgIpc) is 3.26. The molecule has 0 heterocycles. The topological polar surface area (TPSA) is 45.0 Å². The van der Waals surface area contributed by atoms with E-state index in [1.54, 1.807) is 0 Å². The van der Waals surface area contributed by atoms with Crippen LogP contribution in [0.2, 0.25) is 0 Å². The van der Waals surface area contributed by atoms with Gasteiger partial charge in [-0.1, -0.05) is 13.0 Å². The number of benzene rings is 1. The lowest BCUT2D eigenvalue weighted by Gasteiger charge is -2.28. The second kappa shape index (κ2) is 6.07. The number of hydrogen-bond donors (Lipinski definition) is 1. The van der Waals surface area contributed by atoms with Crippen molar-refractivity contribution in [1.29, 1.82) is 5.26 Å². The summed E-state index contributed by atoms with van der Waals surface area (Å²) in [7, 11) is 0. The SMILES string of the molecule is CCCNC(C#N)(COc1ccc2c(c1)CCC2)C1CC1. The molecule has 1 unspecified atom stereocenters. The minimum absolute atomic E-state index is 0.448. The summed E-state index contributed by atoms with van der Waals surface area (Å²) in [5.41, 5.74) is 2.37. The van der Waals surface area contributed by atoms with Crippen molar-refractivity contribution in [1.82, 2.24) is 5.32 Å². The van der Waals surface area contributed by atoms with Crippen LogP contribution in [0.15, 0.2) is 18.2 Å². The van der Waals surface area contributed by atoms with Gasteiger partial charge in [-0.2, -0.15) is 5.26 Å². The molecule has 1 aromatic carbocycles. The van der Waals surface area contributed by atoms with Crippen LogP contribution in [0, 0.1) is 17.2 Å². The van der Waals surface area contributed by atoms with Crippen LogP contribution in [0.1, 0.15) is 43.7 Å². The fourth-order valence-corrected chi connectivity index (χ4v) is 3.24. The van der Waals surface area contributed by atoms with E-state index in [9.17, 15) is 5.26 Å². The fourth-order valence-electron chi connectivity index (χ4n) is 3.24. The molecule has 2 aliphatic carbocycles. The number of nitrogens with zero attached hydrogens (tertiary/aromatic N) is 1. The van der Waals surface area contributed by atoms with Gasteiger partial charge in [-0.15, -0.1) is 0 Å². The standard InChI is InChI=1S/C18H24N2O/c1-2-10-20-18(12-19,16-7-8-16)13-21-17-9-6-14-4-3-5-15(14)11-17/h6,9,11,16,20H,2-5,7-8,10,13H2,1H3. The maximum Gasteiger partial charge on any atom is 0.143 e. The van der Waals surface area contributed by atoms with Crippen molar-refractivity contribution in [2.45, 2.75) is 51.0 Å². The molecule has 0 aromatic heterocycles. The first-order valence-corrected chi connectivity index (χ1v) is 8.18. The molecule has 1 atom stereocenters. The minimum atomic E-state index is -0.505. The first kappa shape index (κ1) is 14.4. The van der Waals surface area contributed by atoms with E-state index in [1.165, 1.54) is 24.0 Å². The fraction of sp³-hybridized carbons (Fsp3) is 0.611. The number of aryl methyl sites for hydroxylation is 2. The Morgan fingerprint density at radius 2 is 2.14 bits per heavy atom. The summed E-state index contributed by atoms with van der Waals surface area (Å²) in [6.45, 7) is 3.45. The van der Waals surface area contributed by atoms with Crippen LogP contribution >= 0.6 is 0 Å². The largest absolute Gasteiger partial charge is 0.491 e. The zero-order valence-electron chi connectivity index (χ0n) is 12.8. The minimum Gasteiger partial charge on any atom is -0.491 e. The number of nitriles is 1. The van der Waals surface area contributed by atoms with Crippen LogP contribution in [-0.2, 0) is 12.8 Å². The quantitative estimate of drug-likeness (QED) is 0.836. The molecule has 0 radical (unpaired) electrons. The third-order valence-corrected chi connectivity index (χ3v) is 4.70. The van der Waals surface area contributed by atoms with Gasteiger partial charge in [0.25, 0.3) is 0 Å². The molecule has 1 N–H and O–H groups in total. The highest BCUT2D eigenvalue weighted by molar-refractivity contribution is 5.38. The van der Waals surface area contributed by atoms with Crippen LogP contribution in [0.4, 0.5) is 0 Å². The normalized spacial score (nSPS) is 19.6. The summed E-state index contributed by atoms with van der Waals surface area (Å²) in [6.07, 6.45) is 6.91. The Kier molecular flexibility index (Phi) is 4.17. The third kappa shape index (κ3) is 3.06. The molecule has 3 rings (SSSR count). The van der Waals surface area contributed by atoms with E-state index >= 15 is 0 Å². The molecule has 21 heavy (non-hydrogen) atoms. The molecule has 112 valence electrons. The number of fused-ring (bicyclic) bond motifs is 1. The van der Waals surface area contributed by atoms with E-state index in [0.29, 0.717) is 12.5 Å². The van der Waals surface area contributed by atoms with Gasteiger partial charge in [-0.25, -0.2) is 0 Å². The summed E-state index contributed by atoms with van der Waals surface area (Å²) in [6, 6.07) is 8.90. The molecule has 2 aliphatic rings. The molecule has 0 saturated heterocycles. The first-order chi connectivity index (χ1) is 10.3. The Labute approximate surface area is 127 Å². The van der Waals surface area contributed by atoms with Gasteiger partial charge in [0.2, 0.25) is 0 Å². The van der Waals surface area contributed by atoms with Crippen molar-refractivity contribution >= 4 is 0 Å². The highest BCUT2D eigenvalue weighted by Gasteiger charge is 2.46. The molecule has 0 bridgehead atoms. The van der Waals surface area contributed by atoms with Crippen molar-refractivity contribution in [3.05, 3.63) is 29.3 Å². The molecular weight excluding hydrogens is 260 g/mol. The summed E-state index contributed by atoms with van der Waals surface area (Å²) in [4.78, 5) is 0. The lowest BCUT2D eigenvalue weighted by atomic mass is 9.96. The number of rotatable bonds is 7. The highest BCUT2D eigenvalue weighted by atomic mass is 16.5. The lowest BCUT2D eigenvalue weighted by Crippen LogP contribution is -2.51. The van der Waals surface area contributed by atoms with E-state index in [2.05, 4.69) is 36.5 Å². The van der Waals surface area contributed by atoms with E-state index < -0.39 is 5.54 Å². The van der Waals surface area contributed by atoms with E-state index in [0.717, 1.165) is 38.0 Å². The molecule has 1 fully saturated rings. The zero-order valence-corrected chi connectivity index (χ0v) is 12.8. The third-order valence-electron chi connectivity index (χ3n) is 4.70. The van der Waals surface area contributed by atoms with E-state index in [1.807, 2.05) is 0 Å². The van der Waals surface area contributed by atoms with Gasteiger partial charge in [-0.05, 0) is 74.2 Å². The smallest absolute Gasteiger partial charge is 0.143 e. The van der Waals surface area contributed by atoms with Crippen LogP contribution in [-0.4, -0.2) is 18.7 Å².